The van der Waals surface area contributed by atoms with Gasteiger partial charge in [0, 0.05) is 31.7 Å². The van der Waals surface area contributed by atoms with Crippen LogP contribution in [0.4, 0.5) is 27.6 Å². The third kappa shape index (κ3) is 4.13. The minimum Gasteiger partial charge on any atom is -0.491 e. The maximum absolute atomic E-state index is 14.0. The molecule has 1 aliphatic rings. The molecule has 156 valence electrons. The van der Waals surface area contributed by atoms with Gasteiger partial charge in [0.2, 0.25) is 5.82 Å². The van der Waals surface area contributed by atoms with E-state index in [1.54, 1.807) is 24.3 Å². The SMILES string of the molecule is CC(C)Oc1cccc(C(=O)N2CCN(c3c(F)c(F)c(F)c(F)c3F)CC2)c1. The molecule has 0 radical (unpaired) electrons. The number of anilines is 1. The molecule has 1 aliphatic heterocycles. The van der Waals surface area contributed by atoms with Crippen molar-refractivity contribution in [2.24, 2.45) is 0 Å². The molecule has 0 aromatic heterocycles. The van der Waals surface area contributed by atoms with Crippen LogP contribution in [0.15, 0.2) is 24.3 Å². The van der Waals surface area contributed by atoms with Gasteiger partial charge in [-0.3, -0.25) is 4.79 Å². The van der Waals surface area contributed by atoms with Gasteiger partial charge in [0.1, 0.15) is 11.4 Å². The first kappa shape index (κ1) is 20.9. The highest BCUT2D eigenvalue weighted by Crippen LogP contribution is 2.31. The topological polar surface area (TPSA) is 32.8 Å². The van der Waals surface area contributed by atoms with Crippen molar-refractivity contribution in [2.75, 3.05) is 31.1 Å². The lowest BCUT2D eigenvalue weighted by atomic mass is 10.1. The van der Waals surface area contributed by atoms with Crippen molar-refractivity contribution in [2.45, 2.75) is 20.0 Å². The molecule has 0 bridgehead atoms. The Kier molecular flexibility index (Phi) is 5.95. The molecule has 3 rings (SSSR count). The van der Waals surface area contributed by atoms with Crippen LogP contribution in [0.2, 0.25) is 0 Å². The van der Waals surface area contributed by atoms with Crippen LogP contribution in [0.3, 0.4) is 0 Å². The lowest BCUT2D eigenvalue weighted by molar-refractivity contribution is 0.0745. The quantitative estimate of drug-likeness (QED) is 0.429. The van der Waals surface area contributed by atoms with Crippen LogP contribution < -0.4 is 9.64 Å². The van der Waals surface area contributed by atoms with Gasteiger partial charge in [-0.25, -0.2) is 22.0 Å². The largest absolute Gasteiger partial charge is 0.491 e. The fourth-order valence-corrected chi connectivity index (χ4v) is 3.16. The standard InChI is InChI=1S/C20H19F5N2O2/c1-11(2)29-13-5-3-4-12(10-13)20(28)27-8-6-26(7-9-27)19-17(24)15(22)14(21)16(23)18(19)25/h3-5,10-11H,6-9H2,1-2H3. The van der Waals surface area contributed by atoms with E-state index >= 15 is 0 Å². The maximum Gasteiger partial charge on any atom is 0.254 e. The number of rotatable bonds is 4. The average Bonchev–Trinajstić information content (AvgIpc) is 2.70. The highest BCUT2D eigenvalue weighted by molar-refractivity contribution is 5.94. The molecular formula is C20H19F5N2O2. The molecule has 0 saturated carbocycles. The summed E-state index contributed by atoms with van der Waals surface area (Å²) in [6.07, 6.45) is -0.0646. The third-order valence-corrected chi connectivity index (χ3v) is 4.52. The van der Waals surface area contributed by atoms with Gasteiger partial charge in [-0.15, -0.1) is 0 Å². The number of carbonyl (C=O) groups excluding carboxylic acids is 1. The van der Waals surface area contributed by atoms with Crippen molar-refractivity contribution in [3.05, 3.63) is 58.9 Å². The Morgan fingerprint density at radius 2 is 1.45 bits per heavy atom. The van der Waals surface area contributed by atoms with E-state index in [1.807, 2.05) is 13.8 Å². The molecule has 0 spiro atoms. The molecule has 1 saturated heterocycles. The molecule has 4 nitrogen and oxygen atoms in total. The van der Waals surface area contributed by atoms with Crippen LogP contribution in [0, 0.1) is 29.1 Å². The number of benzene rings is 2. The third-order valence-electron chi connectivity index (χ3n) is 4.52. The number of hydrogen-bond donors (Lipinski definition) is 0. The van der Waals surface area contributed by atoms with Crippen LogP contribution in [0.1, 0.15) is 24.2 Å². The summed E-state index contributed by atoms with van der Waals surface area (Å²) in [5.41, 5.74) is -0.589. The monoisotopic (exact) mass is 414 g/mol. The Morgan fingerprint density at radius 3 is 2.00 bits per heavy atom. The van der Waals surface area contributed by atoms with Crippen LogP contribution in [0.5, 0.6) is 5.75 Å². The van der Waals surface area contributed by atoms with E-state index < -0.39 is 34.8 Å². The Morgan fingerprint density at radius 1 is 0.897 bits per heavy atom. The zero-order valence-electron chi connectivity index (χ0n) is 15.8. The number of amides is 1. The lowest BCUT2D eigenvalue weighted by Gasteiger charge is -2.36. The van der Waals surface area contributed by atoms with Crippen LogP contribution in [-0.4, -0.2) is 43.1 Å². The van der Waals surface area contributed by atoms with Gasteiger partial charge in [-0.05, 0) is 32.0 Å². The predicted octanol–water partition coefficient (Wildman–Crippen LogP) is 4.13. The van der Waals surface area contributed by atoms with Gasteiger partial charge in [0.25, 0.3) is 5.91 Å². The highest BCUT2D eigenvalue weighted by Gasteiger charge is 2.31. The van der Waals surface area contributed by atoms with Gasteiger partial charge in [0.05, 0.1) is 6.10 Å². The van der Waals surface area contributed by atoms with E-state index in [2.05, 4.69) is 0 Å². The van der Waals surface area contributed by atoms with Gasteiger partial charge < -0.3 is 14.5 Å². The van der Waals surface area contributed by atoms with E-state index in [0.717, 1.165) is 4.90 Å². The number of carbonyl (C=O) groups is 1. The lowest BCUT2D eigenvalue weighted by Crippen LogP contribution is -2.49. The molecular weight excluding hydrogens is 395 g/mol. The Labute approximate surface area is 164 Å². The molecule has 1 fully saturated rings. The molecule has 9 heteroatoms. The van der Waals surface area contributed by atoms with Crippen molar-refractivity contribution in [3.8, 4) is 5.75 Å². The molecule has 0 aliphatic carbocycles. The summed E-state index contributed by atoms with van der Waals surface area (Å²) in [5, 5.41) is 0. The van der Waals surface area contributed by atoms with E-state index in [9.17, 15) is 26.7 Å². The Hall–Kier alpha value is -2.84. The molecule has 0 atom stereocenters. The van der Waals surface area contributed by atoms with E-state index in [0.29, 0.717) is 11.3 Å². The van der Waals surface area contributed by atoms with Crippen molar-refractivity contribution < 1.29 is 31.5 Å². The minimum atomic E-state index is -2.19. The summed E-state index contributed by atoms with van der Waals surface area (Å²) < 4.78 is 73.7. The van der Waals surface area contributed by atoms with E-state index in [1.165, 1.54) is 4.90 Å². The van der Waals surface area contributed by atoms with Crippen molar-refractivity contribution in [3.63, 3.8) is 0 Å². The zero-order valence-corrected chi connectivity index (χ0v) is 15.8. The van der Waals surface area contributed by atoms with Crippen LogP contribution >= 0.6 is 0 Å². The fourth-order valence-electron chi connectivity index (χ4n) is 3.16. The summed E-state index contributed by atoms with van der Waals surface area (Å²) in [4.78, 5) is 15.2. The smallest absolute Gasteiger partial charge is 0.254 e. The van der Waals surface area contributed by atoms with Crippen LogP contribution in [0.25, 0.3) is 0 Å². The molecule has 2 aromatic rings. The number of piperazine rings is 1. The molecule has 0 unspecified atom stereocenters. The van der Waals surface area contributed by atoms with Gasteiger partial charge >= 0.3 is 0 Å². The maximum atomic E-state index is 14.0. The molecule has 29 heavy (non-hydrogen) atoms. The molecule has 1 amide bonds. The highest BCUT2D eigenvalue weighted by atomic mass is 19.2. The van der Waals surface area contributed by atoms with Crippen molar-refractivity contribution in [1.29, 1.82) is 0 Å². The first-order chi connectivity index (χ1) is 13.7. The number of hydrogen-bond acceptors (Lipinski definition) is 3. The van der Waals surface area contributed by atoms with E-state index in [4.69, 9.17) is 4.74 Å². The fraction of sp³-hybridized carbons (Fsp3) is 0.350. The van der Waals surface area contributed by atoms with Crippen LogP contribution in [-0.2, 0) is 0 Å². The normalized spacial score (nSPS) is 14.5. The van der Waals surface area contributed by atoms with Crippen molar-refractivity contribution in [1.82, 2.24) is 4.90 Å². The Bertz CT molecular complexity index is 898. The second-order valence-corrected chi connectivity index (χ2v) is 6.89. The average molecular weight is 414 g/mol. The van der Waals surface area contributed by atoms with Gasteiger partial charge in [-0.2, -0.15) is 0 Å². The number of ether oxygens (including phenoxy) is 1. The molecule has 2 aromatic carbocycles. The van der Waals surface area contributed by atoms with E-state index in [-0.39, 0.29) is 38.2 Å². The minimum absolute atomic E-state index is 0.0631. The molecule has 1 heterocycles. The zero-order chi connectivity index (χ0) is 21.3. The first-order valence-electron chi connectivity index (χ1n) is 9.03. The summed E-state index contributed by atoms with van der Waals surface area (Å²) >= 11 is 0. The van der Waals surface area contributed by atoms with Gasteiger partial charge in [-0.1, -0.05) is 6.07 Å². The summed E-state index contributed by atoms with van der Waals surface area (Å²) in [7, 11) is 0. The van der Waals surface area contributed by atoms with Crippen molar-refractivity contribution >= 4 is 11.6 Å². The van der Waals surface area contributed by atoms with Gasteiger partial charge in [0.15, 0.2) is 23.3 Å². The summed E-state index contributed by atoms with van der Waals surface area (Å²) in [6, 6.07) is 6.61. The summed E-state index contributed by atoms with van der Waals surface area (Å²) in [5.74, 6) is -9.69. The predicted molar refractivity (Wildman–Crippen MR) is 96.6 cm³/mol. The number of nitrogens with zero attached hydrogens (tertiary/aromatic N) is 2. The number of halogens is 5. The second-order valence-electron chi connectivity index (χ2n) is 6.89. The summed E-state index contributed by atoms with van der Waals surface area (Å²) in [6.45, 7) is 3.68. The molecule has 0 N–H and O–H groups in total. The Balaban J connectivity index is 1.74. The second kappa shape index (κ2) is 8.26. The first-order valence-corrected chi connectivity index (χ1v) is 9.03.